The molecule has 0 aliphatic carbocycles. The van der Waals surface area contributed by atoms with Crippen molar-refractivity contribution in [3.63, 3.8) is 0 Å². The summed E-state index contributed by atoms with van der Waals surface area (Å²) in [5, 5.41) is 2.16. The summed E-state index contributed by atoms with van der Waals surface area (Å²) < 4.78 is 40.5. The highest BCUT2D eigenvalue weighted by atomic mass is 32.2. The van der Waals surface area contributed by atoms with E-state index in [-0.39, 0.29) is 24.0 Å². The molecular formula is C12H13FN2O5S. The number of imide groups is 1. The normalized spacial score (nSPS) is 19.4. The first-order valence-electron chi connectivity index (χ1n) is 6.08. The number of nitrogens with one attached hydrogen (secondary N) is 1. The lowest BCUT2D eigenvalue weighted by atomic mass is 9.89. The summed E-state index contributed by atoms with van der Waals surface area (Å²) in [6.07, 6.45) is 3.37. The van der Waals surface area contributed by atoms with Crippen molar-refractivity contribution in [2.75, 3.05) is 6.26 Å². The molecule has 21 heavy (non-hydrogen) atoms. The molecule has 0 spiro atoms. The Morgan fingerprint density at radius 2 is 2.14 bits per heavy atom. The van der Waals surface area contributed by atoms with Crippen molar-refractivity contribution in [2.45, 2.75) is 25.4 Å². The number of carbonyl (C=O) groups is 2. The predicted molar refractivity (Wildman–Crippen MR) is 69.0 cm³/mol. The Balaban J connectivity index is 2.33. The predicted octanol–water partition coefficient (Wildman–Crippen LogP) is 0.217. The highest BCUT2D eigenvalue weighted by Gasteiger charge is 2.31. The number of amides is 2. The van der Waals surface area contributed by atoms with Gasteiger partial charge in [0.15, 0.2) is 0 Å². The molecule has 1 atom stereocenters. The third-order valence-corrected chi connectivity index (χ3v) is 3.62. The van der Waals surface area contributed by atoms with Crippen molar-refractivity contribution < 1.29 is 26.6 Å². The second-order valence-electron chi connectivity index (χ2n) is 4.66. The first-order chi connectivity index (χ1) is 9.78. The van der Waals surface area contributed by atoms with E-state index in [9.17, 15) is 22.4 Å². The quantitative estimate of drug-likeness (QED) is 0.629. The molecule has 1 N–H and O–H groups in total. The average molecular weight is 316 g/mol. The van der Waals surface area contributed by atoms with E-state index < -0.39 is 40.3 Å². The monoisotopic (exact) mass is 316 g/mol. The minimum absolute atomic E-state index is 0.0510. The van der Waals surface area contributed by atoms with E-state index >= 15 is 0 Å². The Morgan fingerprint density at radius 3 is 2.76 bits per heavy atom. The first-order valence-corrected chi connectivity index (χ1v) is 7.90. The molecule has 2 heterocycles. The molecule has 1 fully saturated rings. The summed E-state index contributed by atoms with van der Waals surface area (Å²) in [6.45, 7) is -0.528. The van der Waals surface area contributed by atoms with Crippen LogP contribution in [0, 0.1) is 5.82 Å². The van der Waals surface area contributed by atoms with Gasteiger partial charge in [0.2, 0.25) is 11.8 Å². The molecule has 1 aliphatic rings. The van der Waals surface area contributed by atoms with E-state index in [1.165, 1.54) is 6.20 Å². The van der Waals surface area contributed by atoms with Crippen molar-refractivity contribution in [1.82, 2.24) is 10.3 Å². The lowest BCUT2D eigenvalue weighted by Gasteiger charge is -2.23. The van der Waals surface area contributed by atoms with Crippen molar-refractivity contribution >= 4 is 21.9 Å². The van der Waals surface area contributed by atoms with Crippen molar-refractivity contribution in [3.05, 3.63) is 29.3 Å². The van der Waals surface area contributed by atoms with E-state index in [0.29, 0.717) is 0 Å². The molecule has 1 unspecified atom stereocenters. The third-order valence-electron chi connectivity index (χ3n) is 3.07. The average Bonchev–Trinajstić information content (AvgIpc) is 2.36. The van der Waals surface area contributed by atoms with E-state index in [2.05, 4.69) is 14.5 Å². The van der Waals surface area contributed by atoms with Gasteiger partial charge < -0.3 is 0 Å². The van der Waals surface area contributed by atoms with E-state index in [4.69, 9.17) is 0 Å². The van der Waals surface area contributed by atoms with Crippen LogP contribution in [0.1, 0.15) is 29.9 Å². The summed E-state index contributed by atoms with van der Waals surface area (Å²) in [6, 6.07) is 0. The Labute approximate surface area is 120 Å². The number of halogens is 1. The van der Waals surface area contributed by atoms with Crippen LogP contribution in [0.4, 0.5) is 4.39 Å². The number of pyridine rings is 1. The van der Waals surface area contributed by atoms with Gasteiger partial charge in [-0.25, -0.2) is 4.39 Å². The topological polar surface area (TPSA) is 102 Å². The van der Waals surface area contributed by atoms with Gasteiger partial charge in [0, 0.05) is 18.2 Å². The van der Waals surface area contributed by atoms with Crippen LogP contribution in [0.3, 0.4) is 0 Å². The number of aromatic nitrogens is 1. The molecule has 1 aromatic rings. The zero-order chi connectivity index (χ0) is 15.6. The molecule has 1 saturated heterocycles. The van der Waals surface area contributed by atoms with Crippen LogP contribution < -0.4 is 5.32 Å². The van der Waals surface area contributed by atoms with Crippen LogP contribution in [0.25, 0.3) is 0 Å². The van der Waals surface area contributed by atoms with Gasteiger partial charge in [0.05, 0.1) is 25.0 Å². The lowest BCUT2D eigenvalue weighted by molar-refractivity contribution is -0.134. The molecule has 0 aromatic carbocycles. The van der Waals surface area contributed by atoms with Gasteiger partial charge in [-0.3, -0.25) is 24.1 Å². The molecule has 9 heteroatoms. The summed E-state index contributed by atoms with van der Waals surface area (Å²) in [7, 11) is -3.75. The van der Waals surface area contributed by atoms with Crippen LogP contribution in [0.2, 0.25) is 0 Å². The summed E-state index contributed by atoms with van der Waals surface area (Å²) in [5.41, 5.74) is 0.175. The molecule has 2 amide bonds. The summed E-state index contributed by atoms with van der Waals surface area (Å²) >= 11 is 0. The smallest absolute Gasteiger partial charge is 0.264 e. The zero-order valence-electron chi connectivity index (χ0n) is 11.1. The Kier molecular flexibility index (Phi) is 4.33. The van der Waals surface area contributed by atoms with Gasteiger partial charge in [0.1, 0.15) is 5.82 Å². The van der Waals surface area contributed by atoms with Crippen LogP contribution in [0.15, 0.2) is 12.4 Å². The minimum atomic E-state index is -3.75. The van der Waals surface area contributed by atoms with Gasteiger partial charge in [-0.15, -0.1) is 0 Å². The van der Waals surface area contributed by atoms with Gasteiger partial charge in [0.25, 0.3) is 10.1 Å². The van der Waals surface area contributed by atoms with Gasteiger partial charge in [-0.1, -0.05) is 0 Å². The fraction of sp³-hybridized carbons (Fsp3) is 0.417. The summed E-state index contributed by atoms with van der Waals surface area (Å²) in [4.78, 5) is 26.6. The third kappa shape index (κ3) is 3.82. The molecule has 0 bridgehead atoms. The second-order valence-corrected chi connectivity index (χ2v) is 6.30. The van der Waals surface area contributed by atoms with E-state index in [0.717, 1.165) is 12.5 Å². The number of nitrogens with zero attached hydrogens (tertiary/aromatic N) is 1. The van der Waals surface area contributed by atoms with Crippen molar-refractivity contribution in [3.8, 4) is 0 Å². The highest BCUT2D eigenvalue weighted by Crippen LogP contribution is 2.28. The molecule has 2 rings (SSSR count). The second kappa shape index (κ2) is 5.86. The first kappa shape index (κ1) is 15.5. The maximum atomic E-state index is 13.8. The number of piperidine rings is 1. The Morgan fingerprint density at radius 1 is 1.43 bits per heavy atom. The van der Waals surface area contributed by atoms with Crippen molar-refractivity contribution in [2.24, 2.45) is 0 Å². The van der Waals surface area contributed by atoms with Crippen LogP contribution in [-0.4, -0.2) is 31.5 Å². The maximum absolute atomic E-state index is 13.8. The fourth-order valence-electron chi connectivity index (χ4n) is 2.09. The van der Waals surface area contributed by atoms with Crippen LogP contribution in [-0.2, 0) is 30.5 Å². The molecule has 7 nitrogen and oxygen atoms in total. The molecule has 0 radical (unpaired) electrons. The maximum Gasteiger partial charge on any atom is 0.264 e. The highest BCUT2D eigenvalue weighted by molar-refractivity contribution is 7.85. The SMILES string of the molecule is CS(=O)(=O)OCc1c(F)cncc1C1CCC(=O)NC1=O. The number of hydrogen-bond acceptors (Lipinski definition) is 6. The number of hydrogen-bond donors (Lipinski definition) is 1. The Bertz CT molecular complexity index is 689. The van der Waals surface area contributed by atoms with Gasteiger partial charge in [-0.05, 0) is 12.0 Å². The van der Waals surface area contributed by atoms with E-state index in [1.54, 1.807) is 0 Å². The van der Waals surface area contributed by atoms with E-state index in [1.807, 2.05) is 0 Å². The molecule has 1 aliphatic heterocycles. The fourth-order valence-corrected chi connectivity index (χ4v) is 2.42. The molecule has 0 saturated carbocycles. The van der Waals surface area contributed by atoms with Crippen LogP contribution >= 0.6 is 0 Å². The minimum Gasteiger partial charge on any atom is -0.296 e. The van der Waals surface area contributed by atoms with Gasteiger partial charge >= 0.3 is 0 Å². The lowest BCUT2D eigenvalue weighted by Crippen LogP contribution is -2.39. The largest absolute Gasteiger partial charge is 0.296 e. The zero-order valence-corrected chi connectivity index (χ0v) is 11.9. The summed E-state index contributed by atoms with van der Waals surface area (Å²) in [5.74, 6) is -2.47. The number of rotatable bonds is 4. The van der Waals surface area contributed by atoms with Gasteiger partial charge in [-0.2, -0.15) is 8.42 Å². The standard InChI is InChI=1S/C12H13FN2O5S/c1-21(18,19)20-6-9-8(4-14-5-10(9)13)7-2-3-11(16)15-12(7)17/h4-5,7H,2-3,6H2,1H3,(H,15,16,17). The van der Waals surface area contributed by atoms with Crippen LogP contribution in [0.5, 0.6) is 0 Å². The van der Waals surface area contributed by atoms with Crippen molar-refractivity contribution in [1.29, 1.82) is 0 Å². The molecule has 1 aromatic heterocycles. The Hall–Kier alpha value is -1.87. The number of carbonyl (C=O) groups excluding carboxylic acids is 2. The molecule has 114 valence electrons. The molecular weight excluding hydrogens is 303 g/mol.